The van der Waals surface area contributed by atoms with Crippen LogP contribution < -0.4 is 5.32 Å². The lowest BCUT2D eigenvalue weighted by Gasteiger charge is -2.17. The van der Waals surface area contributed by atoms with Gasteiger partial charge in [-0.05, 0) is 12.1 Å². The van der Waals surface area contributed by atoms with Crippen molar-refractivity contribution in [2.75, 3.05) is 6.54 Å². The zero-order valence-corrected chi connectivity index (χ0v) is 14.5. The summed E-state index contributed by atoms with van der Waals surface area (Å²) in [7, 11) is 0. The molecule has 2 aromatic rings. The van der Waals surface area contributed by atoms with Crippen LogP contribution >= 0.6 is 11.3 Å². The van der Waals surface area contributed by atoms with Gasteiger partial charge < -0.3 is 5.32 Å². The largest absolute Gasteiger partial charge is 0.416 e. The lowest BCUT2D eigenvalue weighted by Crippen LogP contribution is -2.35. The predicted molar refractivity (Wildman–Crippen MR) is 88.7 cm³/mol. The number of carbonyl (C=O) groups is 1. The van der Waals surface area contributed by atoms with Crippen molar-refractivity contribution in [3.63, 3.8) is 0 Å². The summed E-state index contributed by atoms with van der Waals surface area (Å²) in [6.45, 7) is 6.00. The topological polar surface area (TPSA) is 42.0 Å². The number of rotatable bonds is 4. The fourth-order valence-electron chi connectivity index (χ4n) is 1.93. The highest BCUT2D eigenvalue weighted by Crippen LogP contribution is 2.31. The van der Waals surface area contributed by atoms with Gasteiger partial charge >= 0.3 is 6.18 Å². The van der Waals surface area contributed by atoms with Gasteiger partial charge in [-0.3, -0.25) is 4.79 Å². The van der Waals surface area contributed by atoms with E-state index in [0.29, 0.717) is 23.5 Å². The van der Waals surface area contributed by atoms with Crippen LogP contribution in [0.25, 0.3) is 10.6 Å². The minimum absolute atomic E-state index is 0.0271. The molecule has 3 nitrogen and oxygen atoms in total. The van der Waals surface area contributed by atoms with Crippen molar-refractivity contribution in [2.24, 2.45) is 5.41 Å². The first-order valence-corrected chi connectivity index (χ1v) is 8.35. The maximum Gasteiger partial charge on any atom is 0.416 e. The number of hydrogen-bond donors (Lipinski definition) is 1. The lowest BCUT2D eigenvalue weighted by atomic mass is 9.96. The fourth-order valence-corrected chi connectivity index (χ4v) is 2.79. The first-order valence-electron chi connectivity index (χ1n) is 7.48. The molecule has 0 unspecified atom stereocenters. The van der Waals surface area contributed by atoms with Crippen LogP contribution in [-0.2, 0) is 17.4 Å². The molecule has 0 fully saturated rings. The van der Waals surface area contributed by atoms with Gasteiger partial charge in [-0.2, -0.15) is 13.2 Å². The van der Waals surface area contributed by atoms with E-state index in [1.165, 1.54) is 23.5 Å². The summed E-state index contributed by atoms with van der Waals surface area (Å²) < 4.78 is 37.7. The fraction of sp³-hybridized carbons (Fsp3) is 0.412. The van der Waals surface area contributed by atoms with Crippen molar-refractivity contribution in [3.05, 3.63) is 40.9 Å². The van der Waals surface area contributed by atoms with Gasteiger partial charge in [-0.1, -0.05) is 32.9 Å². The SMILES string of the molecule is CC(C)(C)C(=O)NCCc1csc(-c2ccc(C(F)(F)F)cc2)n1. The van der Waals surface area contributed by atoms with Crippen LogP contribution in [0.1, 0.15) is 32.0 Å². The molecule has 0 saturated heterocycles. The minimum Gasteiger partial charge on any atom is -0.355 e. The van der Waals surface area contributed by atoms with Crippen molar-refractivity contribution in [3.8, 4) is 10.6 Å². The second-order valence-electron chi connectivity index (χ2n) is 6.48. The normalized spacial score (nSPS) is 12.2. The van der Waals surface area contributed by atoms with Gasteiger partial charge in [-0.15, -0.1) is 11.3 Å². The van der Waals surface area contributed by atoms with E-state index < -0.39 is 17.2 Å². The van der Waals surface area contributed by atoms with Crippen LogP contribution in [0.4, 0.5) is 13.2 Å². The third-order valence-electron chi connectivity index (χ3n) is 3.36. The summed E-state index contributed by atoms with van der Waals surface area (Å²) in [5.41, 5.74) is 0.350. The highest BCUT2D eigenvalue weighted by atomic mass is 32.1. The van der Waals surface area contributed by atoms with E-state index in [-0.39, 0.29) is 5.91 Å². The Balaban J connectivity index is 1.97. The Morgan fingerprint density at radius 3 is 2.33 bits per heavy atom. The summed E-state index contributed by atoms with van der Waals surface area (Å²) in [6.07, 6.45) is -3.75. The van der Waals surface area contributed by atoms with Crippen LogP contribution in [0.3, 0.4) is 0 Å². The molecule has 7 heteroatoms. The zero-order valence-electron chi connectivity index (χ0n) is 13.7. The molecule has 130 valence electrons. The number of nitrogens with one attached hydrogen (secondary N) is 1. The van der Waals surface area contributed by atoms with Crippen LogP contribution in [0, 0.1) is 5.41 Å². The van der Waals surface area contributed by atoms with Crippen LogP contribution in [0.2, 0.25) is 0 Å². The van der Waals surface area contributed by atoms with Gasteiger partial charge in [0, 0.05) is 29.3 Å². The van der Waals surface area contributed by atoms with E-state index in [0.717, 1.165) is 17.8 Å². The highest BCUT2D eigenvalue weighted by Gasteiger charge is 2.30. The lowest BCUT2D eigenvalue weighted by molar-refractivity contribution is -0.137. The molecular weight excluding hydrogens is 337 g/mol. The molecule has 0 saturated carbocycles. The Hall–Kier alpha value is -1.89. The summed E-state index contributed by atoms with van der Waals surface area (Å²) in [4.78, 5) is 16.2. The molecule has 0 aliphatic carbocycles. The van der Waals surface area contributed by atoms with Crippen molar-refractivity contribution >= 4 is 17.2 Å². The second-order valence-corrected chi connectivity index (χ2v) is 7.33. The predicted octanol–water partition coefficient (Wildman–Crippen LogP) is 4.53. The molecule has 1 amide bonds. The molecule has 24 heavy (non-hydrogen) atoms. The molecule has 1 aromatic heterocycles. The maximum atomic E-state index is 12.6. The molecule has 0 aliphatic heterocycles. The average Bonchev–Trinajstić information content (AvgIpc) is 2.94. The first kappa shape index (κ1) is 18.4. The number of thiazole rings is 1. The molecule has 2 rings (SSSR count). The number of amides is 1. The number of nitrogens with zero attached hydrogens (tertiary/aromatic N) is 1. The smallest absolute Gasteiger partial charge is 0.355 e. The van der Waals surface area contributed by atoms with E-state index in [1.807, 2.05) is 26.2 Å². The summed E-state index contributed by atoms with van der Waals surface area (Å²) in [6, 6.07) is 4.96. The molecule has 1 heterocycles. The Morgan fingerprint density at radius 1 is 1.17 bits per heavy atom. The maximum absolute atomic E-state index is 12.6. The molecule has 0 bridgehead atoms. The number of alkyl halides is 3. The van der Waals surface area contributed by atoms with Crippen molar-refractivity contribution in [2.45, 2.75) is 33.4 Å². The molecule has 0 atom stereocenters. The number of hydrogen-bond acceptors (Lipinski definition) is 3. The molecule has 0 spiro atoms. The summed E-state index contributed by atoms with van der Waals surface area (Å²) in [5.74, 6) is -0.0271. The Labute approximate surface area is 142 Å². The Kier molecular flexibility index (Phi) is 5.32. The highest BCUT2D eigenvalue weighted by molar-refractivity contribution is 7.13. The minimum atomic E-state index is -4.34. The number of halogens is 3. The monoisotopic (exact) mass is 356 g/mol. The number of benzene rings is 1. The van der Waals surface area contributed by atoms with Crippen molar-refractivity contribution in [1.29, 1.82) is 0 Å². The van der Waals surface area contributed by atoms with Gasteiger partial charge in [0.1, 0.15) is 5.01 Å². The quantitative estimate of drug-likeness (QED) is 0.874. The number of carbonyl (C=O) groups excluding carboxylic acids is 1. The Morgan fingerprint density at radius 2 is 1.79 bits per heavy atom. The Bertz CT molecular complexity index is 700. The third-order valence-corrected chi connectivity index (χ3v) is 4.30. The second kappa shape index (κ2) is 6.93. The summed E-state index contributed by atoms with van der Waals surface area (Å²) >= 11 is 1.38. The molecule has 0 radical (unpaired) electrons. The van der Waals surface area contributed by atoms with E-state index in [9.17, 15) is 18.0 Å². The van der Waals surface area contributed by atoms with Crippen molar-refractivity contribution < 1.29 is 18.0 Å². The molecule has 1 aromatic carbocycles. The average molecular weight is 356 g/mol. The van der Waals surface area contributed by atoms with Gasteiger partial charge in [0.15, 0.2) is 0 Å². The zero-order chi connectivity index (χ0) is 18.0. The van der Waals surface area contributed by atoms with Gasteiger partial charge in [-0.25, -0.2) is 4.98 Å². The van der Waals surface area contributed by atoms with Crippen molar-refractivity contribution in [1.82, 2.24) is 10.3 Å². The summed E-state index contributed by atoms with van der Waals surface area (Å²) in [5, 5.41) is 5.37. The van der Waals surface area contributed by atoms with Crippen LogP contribution in [0.15, 0.2) is 29.6 Å². The van der Waals surface area contributed by atoms with E-state index in [4.69, 9.17) is 0 Å². The van der Waals surface area contributed by atoms with Crippen LogP contribution in [0.5, 0.6) is 0 Å². The first-order chi connectivity index (χ1) is 11.1. The molecule has 1 N–H and O–H groups in total. The molecule has 0 aliphatic rings. The van der Waals surface area contributed by atoms with Crippen LogP contribution in [-0.4, -0.2) is 17.4 Å². The van der Waals surface area contributed by atoms with Gasteiger partial charge in [0.25, 0.3) is 0 Å². The van der Waals surface area contributed by atoms with E-state index in [1.54, 1.807) is 0 Å². The molecular formula is C17H19F3N2OS. The van der Waals surface area contributed by atoms with E-state index in [2.05, 4.69) is 10.3 Å². The van der Waals surface area contributed by atoms with Gasteiger partial charge in [0.2, 0.25) is 5.91 Å². The van der Waals surface area contributed by atoms with E-state index >= 15 is 0 Å². The standard InChI is InChI=1S/C17H19F3N2OS/c1-16(2,3)15(23)21-9-8-13-10-24-14(22-13)11-4-6-12(7-5-11)17(18,19)20/h4-7,10H,8-9H2,1-3H3,(H,21,23). The van der Waals surface area contributed by atoms with Gasteiger partial charge in [0.05, 0.1) is 11.3 Å². The third kappa shape index (κ3) is 4.80. The number of aromatic nitrogens is 1.